The number of carbonyl (C=O) groups is 1. The molecule has 1 heterocycles. The number of ether oxygens (including phenoxy) is 1. The smallest absolute Gasteiger partial charge is 0.157 e. The number of nitrogens with zero attached hydrogens (tertiary/aromatic N) is 6. The van der Waals surface area contributed by atoms with Gasteiger partial charge >= 0.3 is 119 Å². The molecule has 0 bridgehead atoms. The van der Waals surface area contributed by atoms with E-state index < -0.39 is 38.6 Å². The molecule has 0 aromatic heterocycles. The summed E-state index contributed by atoms with van der Waals surface area (Å²) in [4.78, 5) is 15.8. The number of carbonyl (C=O) groups excluding carboxylic acids is 1. The molecule has 1 saturated heterocycles. The third-order valence-corrected chi connectivity index (χ3v) is 6.72. The van der Waals surface area contributed by atoms with Gasteiger partial charge in [0.25, 0.3) is 0 Å². The van der Waals surface area contributed by atoms with E-state index >= 15 is 0 Å². The Bertz CT molecular complexity index is 894. The number of rotatable bonds is 7. The van der Waals surface area contributed by atoms with Crippen LogP contribution in [0.3, 0.4) is 0 Å². The molecular weight excluding hydrogens is 485 g/mol. The third kappa shape index (κ3) is 8.57. The zero-order valence-electron chi connectivity index (χ0n) is 16.0. The summed E-state index contributed by atoms with van der Waals surface area (Å²) in [6.45, 7) is 0.935. The largest absolute Gasteiger partial charge is 0.394 e. The van der Waals surface area contributed by atoms with Gasteiger partial charge in [-0.1, -0.05) is 0 Å². The fourth-order valence-corrected chi connectivity index (χ4v) is 4.64. The molecule has 4 atom stereocenters. The van der Waals surface area contributed by atoms with Crippen molar-refractivity contribution in [2.75, 3.05) is 6.61 Å². The van der Waals surface area contributed by atoms with Gasteiger partial charge in [-0.15, -0.1) is 0 Å². The van der Waals surface area contributed by atoms with Crippen molar-refractivity contribution in [2.24, 2.45) is 10.2 Å². The van der Waals surface area contributed by atoms with Crippen molar-refractivity contribution in [3.8, 4) is 0 Å². The number of hydrogen-bond donors (Lipinski definition) is 5. The van der Waals surface area contributed by atoms with Gasteiger partial charge in [0.15, 0.2) is 6.29 Å². The van der Waals surface area contributed by atoms with E-state index in [4.69, 9.17) is 36.4 Å². The monoisotopic (exact) mass is 505 g/mol. The molecule has 0 radical (unpaired) electrons. The zero-order valence-corrected chi connectivity index (χ0v) is 17.9. The maximum atomic E-state index is 12.3. The number of azide groups is 2. The predicted octanol–water partition coefficient (Wildman–Crippen LogP) is 0.541. The van der Waals surface area contributed by atoms with Crippen LogP contribution in [0.1, 0.15) is 19.8 Å². The summed E-state index contributed by atoms with van der Waals surface area (Å²) in [7, 11) is 0. The molecule has 1 aromatic carbocycles. The molecule has 170 valence electrons. The van der Waals surface area contributed by atoms with Crippen molar-refractivity contribution in [3.63, 3.8) is 0 Å². The van der Waals surface area contributed by atoms with Crippen LogP contribution in [0.2, 0.25) is 0 Å². The van der Waals surface area contributed by atoms with Crippen LogP contribution in [0.15, 0.2) is 28.4 Å². The maximum Gasteiger partial charge on any atom is 0.157 e. The topological polar surface area (TPSA) is 252 Å². The van der Waals surface area contributed by atoms with Crippen LogP contribution in [-0.2, 0) is 21.0 Å². The van der Waals surface area contributed by atoms with Crippen molar-refractivity contribution in [3.05, 3.63) is 39.1 Å². The molecule has 1 aliphatic rings. The van der Waals surface area contributed by atoms with Gasteiger partial charge in [-0.05, 0) is 0 Å². The second-order valence-electron chi connectivity index (χ2n) is 5.90. The van der Waals surface area contributed by atoms with Crippen molar-refractivity contribution >= 4 is 35.8 Å². The first-order valence-corrected chi connectivity index (χ1v) is 11.7. The Kier molecular flexibility index (Phi) is 11.0. The molecule has 16 nitrogen and oxygen atoms in total. The Morgan fingerprint density at radius 1 is 1.32 bits per heavy atom. The van der Waals surface area contributed by atoms with Gasteiger partial charge in [0.1, 0.15) is 0 Å². The fraction of sp³-hybridized carbons (Fsp3) is 0.500. The summed E-state index contributed by atoms with van der Waals surface area (Å²) in [6, 6.07) is 3.46. The number of amides is 1. The van der Waals surface area contributed by atoms with E-state index in [1.54, 1.807) is 5.48 Å². The minimum absolute atomic E-state index is 0.0724. The standard InChI is InChI=1S/C8H8AsN7O5.C6H12O4/c1-5(17)14-20-9(18,21-19)7-3-2-6(12-15-10)4-8(7)13-16-11;7-3-5-1-4(8)2-6(9)10-5/h2-4,19H,1H3,(H,14,17);4-9H,1-3H2/t;4-,5-,6+/m.0/s1. The van der Waals surface area contributed by atoms with Crippen LogP contribution in [0.5, 0.6) is 0 Å². The molecule has 1 aliphatic heterocycles. The summed E-state index contributed by atoms with van der Waals surface area (Å²) in [5.41, 5.74) is 18.4. The Hall–Kier alpha value is -2.61. The Labute approximate surface area is 177 Å². The van der Waals surface area contributed by atoms with Gasteiger partial charge in [0.2, 0.25) is 0 Å². The van der Waals surface area contributed by atoms with Crippen molar-refractivity contribution < 1.29 is 41.6 Å². The first-order valence-electron chi connectivity index (χ1n) is 8.44. The number of benzene rings is 1. The van der Waals surface area contributed by atoms with Crippen molar-refractivity contribution in [1.29, 1.82) is 0 Å². The van der Waals surface area contributed by atoms with Gasteiger partial charge in [0.05, 0.1) is 18.8 Å². The summed E-state index contributed by atoms with van der Waals surface area (Å²) >= 11 is -5.10. The van der Waals surface area contributed by atoms with Crippen LogP contribution >= 0.6 is 0 Å². The molecule has 1 amide bonds. The summed E-state index contributed by atoms with van der Waals surface area (Å²) in [6.07, 6.45) is -1.20. The van der Waals surface area contributed by atoms with E-state index in [-0.39, 0.29) is 28.8 Å². The number of hydroxylamine groups is 1. The van der Waals surface area contributed by atoms with Gasteiger partial charge in [-0.25, -0.2) is 0 Å². The summed E-state index contributed by atoms with van der Waals surface area (Å²) in [5, 5.41) is 41.8. The average Bonchev–Trinajstić information content (AvgIpc) is 2.72. The molecular formula is C14H20AsN7O9. The summed E-state index contributed by atoms with van der Waals surface area (Å²) < 4.78 is 25.3. The number of nitrogens with one attached hydrogen (secondary N) is 1. The molecule has 31 heavy (non-hydrogen) atoms. The first-order chi connectivity index (χ1) is 14.7. The summed E-state index contributed by atoms with van der Waals surface area (Å²) in [5.74, 6) is -0.690. The second kappa shape index (κ2) is 12.9. The van der Waals surface area contributed by atoms with E-state index in [2.05, 4.69) is 27.8 Å². The van der Waals surface area contributed by atoms with Crippen LogP contribution in [0, 0.1) is 0 Å². The number of hydrogen-bond acceptors (Lipinski definition) is 11. The Balaban J connectivity index is 0.000000399. The molecule has 0 saturated carbocycles. The number of aliphatic hydroxyl groups is 3. The Morgan fingerprint density at radius 3 is 2.52 bits per heavy atom. The van der Waals surface area contributed by atoms with Gasteiger partial charge < -0.3 is 20.1 Å². The SMILES string of the molecule is CC(=O)NO[As](=O)(OO)c1ccc(N=[N+]=[N-])cc1N=[N+]=[N-].OC[C@@H]1C[C@H](O)C[C@H](O)O1. The van der Waals surface area contributed by atoms with Gasteiger partial charge in [-0.2, -0.15) is 0 Å². The van der Waals surface area contributed by atoms with Gasteiger partial charge in [0, 0.05) is 12.8 Å². The maximum absolute atomic E-state index is 12.3. The molecule has 1 aromatic rings. The van der Waals surface area contributed by atoms with E-state index in [9.17, 15) is 8.53 Å². The number of aliphatic hydroxyl groups excluding tert-OH is 3. The van der Waals surface area contributed by atoms with Crippen LogP contribution in [0.4, 0.5) is 11.4 Å². The quantitative estimate of drug-likeness (QED) is 0.0864. The van der Waals surface area contributed by atoms with Crippen LogP contribution in [0.25, 0.3) is 20.9 Å². The van der Waals surface area contributed by atoms with Crippen molar-refractivity contribution in [1.82, 2.24) is 5.48 Å². The van der Waals surface area contributed by atoms with E-state index in [1.165, 1.54) is 6.07 Å². The third-order valence-electron chi connectivity index (χ3n) is 3.55. The normalized spacial score (nSPS) is 21.9. The minimum Gasteiger partial charge on any atom is -0.394 e. The molecule has 0 spiro atoms. The zero-order chi connectivity index (χ0) is 23.4. The first kappa shape index (κ1) is 26.4. The van der Waals surface area contributed by atoms with Gasteiger partial charge in [-0.3, -0.25) is 0 Å². The van der Waals surface area contributed by atoms with E-state index in [0.29, 0.717) is 6.42 Å². The fourth-order valence-electron chi connectivity index (χ4n) is 2.30. The second-order valence-corrected chi connectivity index (χ2v) is 9.73. The van der Waals surface area contributed by atoms with Crippen LogP contribution in [-0.4, -0.2) is 65.8 Å². The molecule has 2 rings (SSSR count). The minimum atomic E-state index is -5.10. The molecule has 17 heteroatoms. The average molecular weight is 505 g/mol. The molecule has 1 fully saturated rings. The van der Waals surface area contributed by atoms with E-state index in [1.807, 2.05) is 0 Å². The van der Waals surface area contributed by atoms with Crippen LogP contribution < -0.4 is 9.83 Å². The van der Waals surface area contributed by atoms with Crippen molar-refractivity contribution in [2.45, 2.75) is 38.3 Å². The predicted molar refractivity (Wildman–Crippen MR) is 102 cm³/mol. The Morgan fingerprint density at radius 2 is 2.00 bits per heavy atom. The molecule has 5 N–H and O–H groups in total. The molecule has 1 unspecified atom stereocenters. The molecule has 0 aliphatic carbocycles. The van der Waals surface area contributed by atoms with E-state index in [0.717, 1.165) is 19.1 Å².